The first-order valence-corrected chi connectivity index (χ1v) is 8.08. The van der Waals surface area contributed by atoms with Crippen LogP contribution >= 0.6 is 0 Å². The molecule has 5 rings (SSSR count). The summed E-state index contributed by atoms with van der Waals surface area (Å²) in [5.41, 5.74) is 0.0529. The van der Waals surface area contributed by atoms with Gasteiger partial charge in [0.25, 0.3) is 0 Å². The monoisotopic (exact) mass is 262 g/mol. The summed E-state index contributed by atoms with van der Waals surface area (Å²) in [6, 6.07) is 0. The Labute approximate surface area is 116 Å². The third-order valence-corrected chi connectivity index (χ3v) is 7.02. The molecule has 0 aromatic rings. The van der Waals surface area contributed by atoms with Gasteiger partial charge < -0.3 is 5.11 Å². The van der Waals surface area contributed by atoms with E-state index in [0.717, 1.165) is 30.6 Å². The van der Waals surface area contributed by atoms with Gasteiger partial charge in [-0.25, -0.2) is 0 Å². The highest BCUT2D eigenvalue weighted by Crippen LogP contribution is 2.73. The molecule has 4 bridgehead atoms. The van der Waals surface area contributed by atoms with Crippen LogP contribution in [0.15, 0.2) is 0 Å². The fraction of sp³-hybridized carbons (Fsp3) is 0.941. The lowest BCUT2D eigenvalue weighted by atomic mass is 9.35. The topological polar surface area (TPSA) is 37.3 Å². The maximum Gasteiger partial charge on any atom is 0.310 e. The van der Waals surface area contributed by atoms with Gasteiger partial charge in [0.1, 0.15) is 0 Å². The van der Waals surface area contributed by atoms with Crippen LogP contribution in [-0.4, -0.2) is 11.1 Å². The number of aliphatic carboxylic acids is 1. The lowest BCUT2D eigenvalue weighted by Crippen LogP contribution is -2.64. The van der Waals surface area contributed by atoms with Crippen molar-refractivity contribution in [2.24, 2.45) is 34.0 Å². The van der Waals surface area contributed by atoms with E-state index in [1.165, 1.54) is 38.5 Å². The Morgan fingerprint density at radius 1 is 0.947 bits per heavy atom. The van der Waals surface area contributed by atoms with E-state index < -0.39 is 5.97 Å². The molecule has 0 amide bonds. The molecule has 5 fully saturated rings. The molecule has 0 heterocycles. The van der Waals surface area contributed by atoms with E-state index in [4.69, 9.17) is 0 Å². The maximum atomic E-state index is 12.1. The molecule has 0 radical (unpaired) electrons. The molecule has 2 heteroatoms. The normalized spacial score (nSPS) is 48.8. The van der Waals surface area contributed by atoms with Crippen molar-refractivity contribution in [1.29, 1.82) is 0 Å². The van der Waals surface area contributed by atoms with Crippen LogP contribution in [0, 0.1) is 34.0 Å². The number of hydrogen-bond acceptors (Lipinski definition) is 1. The summed E-state index contributed by atoms with van der Waals surface area (Å²) >= 11 is 0. The van der Waals surface area contributed by atoms with E-state index in [1.54, 1.807) is 0 Å². The van der Waals surface area contributed by atoms with Gasteiger partial charge in [-0.05, 0) is 80.0 Å². The zero-order valence-corrected chi connectivity index (χ0v) is 12.2. The fourth-order valence-electron chi connectivity index (χ4n) is 7.03. The van der Waals surface area contributed by atoms with E-state index in [0.29, 0.717) is 0 Å². The molecule has 19 heavy (non-hydrogen) atoms. The molecular weight excluding hydrogens is 236 g/mol. The second kappa shape index (κ2) is 3.38. The minimum absolute atomic E-state index is 0.170. The van der Waals surface area contributed by atoms with Gasteiger partial charge in [-0.3, -0.25) is 4.79 Å². The largest absolute Gasteiger partial charge is 0.481 e. The Kier molecular flexibility index (Phi) is 2.17. The molecule has 0 spiro atoms. The quantitative estimate of drug-likeness (QED) is 0.813. The van der Waals surface area contributed by atoms with Crippen LogP contribution in [0.5, 0.6) is 0 Å². The van der Waals surface area contributed by atoms with Crippen LogP contribution in [0.4, 0.5) is 0 Å². The summed E-state index contributed by atoms with van der Waals surface area (Å²) < 4.78 is 0. The predicted molar refractivity (Wildman–Crippen MR) is 73.7 cm³/mol. The number of carboxylic acids is 1. The summed E-state index contributed by atoms with van der Waals surface area (Å²) in [6.45, 7) is 4.49. The third-order valence-electron chi connectivity index (χ3n) is 7.02. The Hall–Kier alpha value is -0.530. The van der Waals surface area contributed by atoms with E-state index in [1.807, 2.05) is 0 Å². The zero-order valence-electron chi connectivity index (χ0n) is 12.2. The molecule has 0 unspecified atom stereocenters. The Balaban J connectivity index is 1.72. The van der Waals surface area contributed by atoms with Crippen molar-refractivity contribution in [1.82, 2.24) is 0 Å². The minimum Gasteiger partial charge on any atom is -0.481 e. The first-order valence-electron chi connectivity index (χ1n) is 8.08. The first kappa shape index (κ1) is 12.2. The van der Waals surface area contributed by atoms with Gasteiger partial charge in [0.05, 0.1) is 5.41 Å². The van der Waals surface area contributed by atoms with Gasteiger partial charge in [0.2, 0.25) is 0 Å². The van der Waals surface area contributed by atoms with Gasteiger partial charge in [-0.15, -0.1) is 0 Å². The average molecular weight is 262 g/mol. The molecule has 5 aliphatic carbocycles. The highest BCUT2D eigenvalue weighted by molar-refractivity contribution is 5.77. The van der Waals surface area contributed by atoms with Crippen LogP contribution in [0.25, 0.3) is 0 Å². The Morgan fingerprint density at radius 2 is 1.37 bits per heavy atom. The fourth-order valence-corrected chi connectivity index (χ4v) is 7.03. The maximum absolute atomic E-state index is 12.1. The number of carboxylic acid groups (broad SMARTS) is 1. The highest BCUT2D eigenvalue weighted by atomic mass is 16.4. The smallest absolute Gasteiger partial charge is 0.310 e. The Morgan fingerprint density at radius 3 is 1.68 bits per heavy atom. The number of carbonyl (C=O) groups is 1. The van der Waals surface area contributed by atoms with Crippen molar-refractivity contribution in [2.45, 2.75) is 65.2 Å². The second-order valence-electron chi connectivity index (χ2n) is 9.10. The van der Waals surface area contributed by atoms with Crippen molar-refractivity contribution >= 4 is 5.97 Å². The minimum atomic E-state index is -0.478. The summed E-state index contributed by atoms with van der Waals surface area (Å²) in [5, 5.41) is 9.98. The molecule has 5 saturated carbocycles. The Bertz CT molecular complexity index is 391. The lowest BCUT2D eigenvalue weighted by molar-refractivity contribution is -0.217. The third kappa shape index (κ3) is 1.46. The summed E-state index contributed by atoms with van der Waals surface area (Å²) in [4.78, 5) is 12.1. The van der Waals surface area contributed by atoms with Gasteiger partial charge >= 0.3 is 5.97 Å². The number of rotatable bonds is 2. The molecule has 0 atom stereocenters. The predicted octanol–water partition coefficient (Wildman–Crippen LogP) is 4.09. The molecule has 106 valence electrons. The van der Waals surface area contributed by atoms with Crippen molar-refractivity contribution < 1.29 is 9.90 Å². The van der Waals surface area contributed by atoms with Crippen LogP contribution in [0.3, 0.4) is 0 Å². The van der Waals surface area contributed by atoms with E-state index in [-0.39, 0.29) is 16.2 Å². The van der Waals surface area contributed by atoms with Crippen molar-refractivity contribution in [3.05, 3.63) is 0 Å². The van der Waals surface area contributed by atoms with Gasteiger partial charge in [-0.2, -0.15) is 0 Å². The number of hydrogen-bond donors (Lipinski definition) is 1. The van der Waals surface area contributed by atoms with Crippen molar-refractivity contribution in [2.75, 3.05) is 0 Å². The van der Waals surface area contributed by atoms with E-state index in [2.05, 4.69) is 13.8 Å². The highest BCUT2D eigenvalue weighted by Gasteiger charge is 2.69. The van der Waals surface area contributed by atoms with E-state index >= 15 is 0 Å². The molecule has 5 aliphatic rings. The van der Waals surface area contributed by atoms with Crippen LogP contribution in [0.2, 0.25) is 0 Å². The standard InChI is InChI=1S/C17H26O2/c1-15(2)9-17(10-15,14(18)19)16-6-11-3-12(7-16)5-13(4-11)8-16/h11-13H,3-10H2,1-2H3,(H,18,19). The lowest BCUT2D eigenvalue weighted by Gasteiger charge is -2.68. The molecule has 0 aliphatic heterocycles. The summed E-state index contributed by atoms with van der Waals surface area (Å²) in [7, 11) is 0. The van der Waals surface area contributed by atoms with Gasteiger partial charge in [-0.1, -0.05) is 13.8 Å². The second-order valence-corrected chi connectivity index (χ2v) is 9.10. The van der Waals surface area contributed by atoms with Gasteiger partial charge in [0, 0.05) is 0 Å². The SMILES string of the molecule is CC1(C)CC(C(=O)O)(C23CC4CC(CC(C4)C2)C3)C1. The van der Waals surface area contributed by atoms with Crippen molar-refractivity contribution in [3.8, 4) is 0 Å². The molecule has 0 aromatic carbocycles. The first-order chi connectivity index (χ1) is 8.84. The molecular formula is C17H26O2. The molecule has 1 N–H and O–H groups in total. The summed E-state index contributed by atoms with van der Waals surface area (Å²) in [5.74, 6) is 2.08. The zero-order chi connectivity index (χ0) is 13.5. The van der Waals surface area contributed by atoms with Gasteiger partial charge in [0.15, 0.2) is 0 Å². The summed E-state index contributed by atoms with van der Waals surface area (Å²) in [6.07, 6.45) is 9.71. The van der Waals surface area contributed by atoms with Crippen LogP contribution < -0.4 is 0 Å². The van der Waals surface area contributed by atoms with Crippen molar-refractivity contribution in [3.63, 3.8) is 0 Å². The molecule has 0 aromatic heterocycles. The van der Waals surface area contributed by atoms with Crippen LogP contribution in [0.1, 0.15) is 65.2 Å². The molecule has 2 nitrogen and oxygen atoms in total. The van der Waals surface area contributed by atoms with Crippen LogP contribution in [-0.2, 0) is 4.79 Å². The molecule has 0 saturated heterocycles. The van der Waals surface area contributed by atoms with E-state index in [9.17, 15) is 9.90 Å². The average Bonchev–Trinajstić information content (AvgIpc) is 2.22.